The van der Waals surface area contributed by atoms with Crippen LogP contribution in [0.15, 0.2) is 37.2 Å². The van der Waals surface area contributed by atoms with Gasteiger partial charge in [0.05, 0.1) is 13.7 Å². The summed E-state index contributed by atoms with van der Waals surface area (Å²) < 4.78 is 6.46. The molecular formula is C15H30OSi2. The van der Waals surface area contributed by atoms with Crippen LogP contribution in [0.2, 0.25) is 31.2 Å². The van der Waals surface area contributed by atoms with E-state index in [-0.39, 0.29) is 10.6 Å². The highest BCUT2D eigenvalue weighted by atomic mass is 28.4. The molecule has 3 heteroatoms. The van der Waals surface area contributed by atoms with Crippen molar-refractivity contribution in [2.75, 3.05) is 0 Å². The lowest BCUT2D eigenvalue weighted by molar-refractivity contribution is 0.0702. The van der Waals surface area contributed by atoms with E-state index in [1.807, 2.05) is 5.70 Å². The molecule has 0 amide bonds. The summed E-state index contributed by atoms with van der Waals surface area (Å²) >= 11 is 0. The number of hydrogen-bond donors (Lipinski definition) is 0. The molecule has 0 N–H and O–H groups in total. The highest BCUT2D eigenvalue weighted by molar-refractivity contribution is 6.85. The summed E-state index contributed by atoms with van der Waals surface area (Å²) in [7, 11) is -3.50. The Labute approximate surface area is 116 Å². The first-order chi connectivity index (χ1) is 7.89. The lowest BCUT2D eigenvalue weighted by atomic mass is 9.91. The molecule has 0 saturated heterocycles. The Bertz CT molecular complexity index is 342. The van der Waals surface area contributed by atoms with Gasteiger partial charge in [-0.25, -0.2) is 0 Å². The number of rotatable bonds is 7. The van der Waals surface area contributed by atoms with Crippen LogP contribution in [-0.4, -0.2) is 22.0 Å². The first kappa shape index (κ1) is 17.6. The molecule has 0 heterocycles. The van der Waals surface area contributed by atoms with Gasteiger partial charge in [0.25, 0.3) is 0 Å². The second kappa shape index (κ2) is 5.31. The topological polar surface area (TPSA) is 9.23 Å². The Balaban J connectivity index is 5.60. The van der Waals surface area contributed by atoms with Crippen LogP contribution in [0.3, 0.4) is 0 Å². The van der Waals surface area contributed by atoms with Crippen molar-refractivity contribution >= 4 is 16.4 Å². The van der Waals surface area contributed by atoms with E-state index in [1.54, 1.807) is 0 Å². The van der Waals surface area contributed by atoms with Gasteiger partial charge in [-0.15, -0.1) is 25.4 Å². The predicted molar refractivity (Wildman–Crippen MR) is 89.1 cm³/mol. The first-order valence-electron chi connectivity index (χ1n) is 6.50. The quantitative estimate of drug-likeness (QED) is 0.467. The van der Waals surface area contributed by atoms with Crippen molar-refractivity contribution < 1.29 is 4.43 Å². The van der Waals surface area contributed by atoms with Gasteiger partial charge in [-0.05, 0) is 26.9 Å². The Morgan fingerprint density at radius 2 is 1.33 bits per heavy atom. The lowest BCUT2D eigenvalue weighted by Crippen LogP contribution is -2.55. The zero-order valence-electron chi connectivity index (χ0n) is 13.3. The summed E-state index contributed by atoms with van der Waals surface area (Å²) in [5.74, 6) is 0. The molecule has 0 aliphatic heterocycles. The maximum absolute atomic E-state index is 6.46. The van der Waals surface area contributed by atoms with Crippen molar-refractivity contribution in [1.29, 1.82) is 0 Å². The lowest BCUT2D eigenvalue weighted by Gasteiger charge is -2.52. The zero-order valence-corrected chi connectivity index (χ0v) is 15.3. The third-order valence-corrected chi connectivity index (χ3v) is 11.0. The van der Waals surface area contributed by atoms with Crippen molar-refractivity contribution in [2.24, 2.45) is 0 Å². The van der Waals surface area contributed by atoms with Crippen molar-refractivity contribution in [3.8, 4) is 0 Å². The summed E-state index contributed by atoms with van der Waals surface area (Å²) in [5.41, 5.74) is 3.85. The molecule has 0 saturated carbocycles. The summed E-state index contributed by atoms with van der Waals surface area (Å²) in [6, 6.07) is 0. The molecule has 0 radical (unpaired) electrons. The molecule has 1 unspecified atom stereocenters. The van der Waals surface area contributed by atoms with Crippen LogP contribution in [0.4, 0.5) is 0 Å². The van der Waals surface area contributed by atoms with E-state index in [2.05, 4.69) is 78.5 Å². The monoisotopic (exact) mass is 282 g/mol. The van der Waals surface area contributed by atoms with Gasteiger partial charge in [-0.2, -0.15) is 0 Å². The molecule has 0 aromatic heterocycles. The summed E-state index contributed by atoms with van der Waals surface area (Å²) in [6.07, 6.45) is 2.06. The molecule has 0 bridgehead atoms. The smallest absolute Gasteiger partial charge is 0.211 e. The van der Waals surface area contributed by atoms with E-state index in [0.717, 1.165) is 0 Å². The van der Waals surface area contributed by atoms with Crippen LogP contribution in [0.5, 0.6) is 0 Å². The molecule has 1 atom stereocenters. The van der Waals surface area contributed by atoms with E-state index >= 15 is 0 Å². The Hall–Kier alpha value is -0.386. The Kier molecular flexibility index (Phi) is 5.20. The maximum atomic E-state index is 6.46. The second-order valence-electron chi connectivity index (χ2n) is 6.75. The molecule has 0 spiro atoms. The standard InChI is InChI=1S/C15H30OSi2/c1-11-15(6,17(7,8)12-2)14(4,5)16-18(9,10)13-3/h11-13H,1-3H2,4-10H3. The van der Waals surface area contributed by atoms with E-state index in [9.17, 15) is 0 Å². The van der Waals surface area contributed by atoms with Crippen molar-refractivity contribution in [1.82, 2.24) is 0 Å². The van der Waals surface area contributed by atoms with Crippen molar-refractivity contribution in [3.63, 3.8) is 0 Å². The molecule has 0 fully saturated rings. The van der Waals surface area contributed by atoms with Crippen LogP contribution in [0, 0.1) is 0 Å². The summed E-state index contributed by atoms with van der Waals surface area (Å²) in [6.45, 7) is 27.6. The molecule has 1 nitrogen and oxygen atoms in total. The first-order valence-corrected chi connectivity index (χ1v) is 12.6. The van der Waals surface area contributed by atoms with Crippen molar-refractivity contribution in [3.05, 3.63) is 37.2 Å². The highest BCUT2D eigenvalue weighted by Gasteiger charge is 2.51. The Morgan fingerprint density at radius 3 is 1.61 bits per heavy atom. The van der Waals surface area contributed by atoms with E-state index in [0.29, 0.717) is 0 Å². The molecule has 0 aliphatic carbocycles. The fourth-order valence-electron chi connectivity index (χ4n) is 2.30. The van der Waals surface area contributed by atoms with E-state index in [1.165, 1.54) is 0 Å². The minimum Gasteiger partial charge on any atom is -0.408 e. The van der Waals surface area contributed by atoms with Crippen LogP contribution >= 0.6 is 0 Å². The molecule has 18 heavy (non-hydrogen) atoms. The van der Waals surface area contributed by atoms with Gasteiger partial charge in [0, 0.05) is 5.04 Å². The van der Waals surface area contributed by atoms with Gasteiger partial charge in [-0.1, -0.05) is 31.8 Å². The maximum Gasteiger partial charge on any atom is 0.211 e. The van der Waals surface area contributed by atoms with Crippen LogP contribution < -0.4 is 0 Å². The molecule has 104 valence electrons. The minimum absolute atomic E-state index is 0.0605. The van der Waals surface area contributed by atoms with Gasteiger partial charge < -0.3 is 4.43 Å². The predicted octanol–water partition coefficient (Wildman–Crippen LogP) is 5.09. The fraction of sp³-hybridized carbons (Fsp3) is 0.600. The van der Waals surface area contributed by atoms with Gasteiger partial charge in [0.2, 0.25) is 8.32 Å². The van der Waals surface area contributed by atoms with Gasteiger partial charge >= 0.3 is 0 Å². The van der Waals surface area contributed by atoms with Crippen LogP contribution in [0.25, 0.3) is 0 Å². The van der Waals surface area contributed by atoms with Gasteiger partial charge in [0.15, 0.2) is 0 Å². The third-order valence-electron chi connectivity index (χ3n) is 4.52. The number of hydrogen-bond acceptors (Lipinski definition) is 1. The van der Waals surface area contributed by atoms with Crippen LogP contribution in [-0.2, 0) is 4.43 Å². The van der Waals surface area contributed by atoms with E-state index in [4.69, 9.17) is 4.43 Å². The van der Waals surface area contributed by atoms with Crippen molar-refractivity contribution in [2.45, 2.75) is 57.6 Å². The van der Waals surface area contributed by atoms with Gasteiger partial charge in [-0.3, -0.25) is 0 Å². The largest absolute Gasteiger partial charge is 0.408 e. The average Bonchev–Trinajstić information content (AvgIpc) is 2.26. The second-order valence-corrected chi connectivity index (χ2v) is 15.5. The average molecular weight is 283 g/mol. The normalized spacial score (nSPS) is 16.8. The third kappa shape index (κ3) is 3.13. The molecule has 0 aromatic carbocycles. The molecular weight excluding hydrogens is 252 g/mol. The summed E-state index contributed by atoms with van der Waals surface area (Å²) in [5, 5.41) is -0.0605. The molecule has 0 aromatic rings. The highest BCUT2D eigenvalue weighted by Crippen LogP contribution is 2.51. The SMILES string of the molecule is C=CC(C)(C(C)(C)O[Si](C)(C)C=C)[Si](C)(C)C=C. The minimum atomic E-state index is -1.83. The fourth-order valence-corrected chi connectivity index (χ4v) is 6.57. The molecule has 0 aliphatic rings. The molecule has 0 rings (SSSR count). The van der Waals surface area contributed by atoms with Gasteiger partial charge in [0.1, 0.15) is 0 Å². The zero-order chi connectivity index (χ0) is 14.8. The van der Waals surface area contributed by atoms with Crippen LogP contribution in [0.1, 0.15) is 20.8 Å². The Morgan fingerprint density at radius 1 is 0.889 bits per heavy atom. The van der Waals surface area contributed by atoms with E-state index < -0.39 is 16.4 Å². The summed E-state index contributed by atoms with van der Waals surface area (Å²) in [4.78, 5) is 0.